The van der Waals surface area contributed by atoms with Crippen molar-refractivity contribution in [3.05, 3.63) is 23.8 Å². The molecule has 1 fully saturated rings. The van der Waals surface area contributed by atoms with E-state index in [1.54, 1.807) is 0 Å². The average molecular weight is 321 g/mol. The van der Waals surface area contributed by atoms with Crippen molar-refractivity contribution in [2.45, 2.75) is 19.3 Å². The number of nitrogens with one attached hydrogen (secondary N) is 1. The second kappa shape index (κ2) is 7.19. The van der Waals surface area contributed by atoms with Crippen LogP contribution in [0.25, 0.3) is 0 Å². The van der Waals surface area contributed by atoms with E-state index in [1.807, 2.05) is 18.2 Å². The van der Waals surface area contributed by atoms with Gasteiger partial charge < -0.3 is 24.6 Å². The molecule has 1 saturated heterocycles. The fourth-order valence-electron chi connectivity index (χ4n) is 2.93. The zero-order chi connectivity index (χ0) is 16.1. The molecule has 0 unspecified atom stereocenters. The summed E-state index contributed by atoms with van der Waals surface area (Å²) in [4.78, 5) is 12.2. The van der Waals surface area contributed by atoms with Gasteiger partial charge >= 0.3 is 0 Å². The quantitative estimate of drug-likeness (QED) is 0.843. The smallest absolute Gasteiger partial charge is 0.224 e. The number of carbonyl (C=O) groups is 1. The molecule has 0 spiro atoms. The van der Waals surface area contributed by atoms with Gasteiger partial charge in [-0.25, -0.2) is 0 Å². The molecule has 2 aliphatic heterocycles. The predicted molar refractivity (Wildman–Crippen MR) is 83.7 cm³/mol. The fourth-order valence-corrected chi connectivity index (χ4v) is 2.93. The van der Waals surface area contributed by atoms with E-state index >= 15 is 0 Å². The van der Waals surface area contributed by atoms with Gasteiger partial charge in [0.05, 0.1) is 13.0 Å². The lowest BCUT2D eigenvalue weighted by molar-refractivity contribution is -0.121. The van der Waals surface area contributed by atoms with Gasteiger partial charge in [0.25, 0.3) is 0 Å². The standard InChI is InChI=1S/C17H23NO5/c19-12-17(3-5-21-6-4-17)11-18-16(20)10-13-1-2-14-15(9-13)23-8-7-22-14/h1-2,9,19H,3-8,10-12H2,(H,18,20). The van der Waals surface area contributed by atoms with E-state index in [0.29, 0.717) is 38.7 Å². The van der Waals surface area contributed by atoms with Crippen molar-refractivity contribution < 1.29 is 24.1 Å². The van der Waals surface area contributed by atoms with Crippen LogP contribution in [0.2, 0.25) is 0 Å². The number of aliphatic hydroxyl groups excluding tert-OH is 1. The molecule has 2 N–H and O–H groups in total. The number of fused-ring (bicyclic) bond motifs is 1. The Bertz CT molecular complexity index is 554. The van der Waals surface area contributed by atoms with Gasteiger partial charge in [0.15, 0.2) is 11.5 Å². The lowest BCUT2D eigenvalue weighted by atomic mass is 9.81. The minimum absolute atomic E-state index is 0.0546. The molecule has 6 nitrogen and oxygen atoms in total. The van der Waals surface area contributed by atoms with Crippen molar-refractivity contribution in [1.29, 1.82) is 0 Å². The van der Waals surface area contributed by atoms with Gasteiger partial charge in [-0.3, -0.25) is 4.79 Å². The highest BCUT2D eigenvalue weighted by Gasteiger charge is 2.32. The Morgan fingerprint density at radius 2 is 1.87 bits per heavy atom. The molecular weight excluding hydrogens is 298 g/mol. The van der Waals surface area contributed by atoms with Gasteiger partial charge in [0.1, 0.15) is 13.2 Å². The molecule has 126 valence electrons. The Morgan fingerprint density at radius 3 is 2.61 bits per heavy atom. The topological polar surface area (TPSA) is 77.0 Å². The summed E-state index contributed by atoms with van der Waals surface area (Å²) in [6, 6.07) is 5.57. The first-order valence-electron chi connectivity index (χ1n) is 8.05. The van der Waals surface area contributed by atoms with Crippen LogP contribution in [-0.2, 0) is 16.0 Å². The summed E-state index contributed by atoms with van der Waals surface area (Å²) in [5.41, 5.74) is 0.637. The Morgan fingerprint density at radius 1 is 1.13 bits per heavy atom. The summed E-state index contributed by atoms with van der Waals surface area (Å²) < 4.78 is 16.3. The first-order chi connectivity index (χ1) is 11.2. The van der Waals surface area contributed by atoms with E-state index in [-0.39, 0.29) is 24.3 Å². The van der Waals surface area contributed by atoms with Crippen LogP contribution in [0.5, 0.6) is 11.5 Å². The zero-order valence-electron chi connectivity index (χ0n) is 13.2. The van der Waals surface area contributed by atoms with Gasteiger partial charge in [-0.05, 0) is 30.5 Å². The Labute approximate surface area is 135 Å². The molecule has 1 aromatic rings. The highest BCUT2D eigenvalue weighted by atomic mass is 16.6. The van der Waals surface area contributed by atoms with Gasteiger partial charge in [-0.2, -0.15) is 0 Å². The number of aliphatic hydroxyl groups is 1. The molecule has 0 radical (unpaired) electrons. The van der Waals surface area contributed by atoms with Crippen molar-refractivity contribution >= 4 is 5.91 Å². The SMILES string of the molecule is O=C(Cc1ccc2c(c1)OCCO2)NCC1(CO)CCOCC1. The van der Waals surface area contributed by atoms with Crippen LogP contribution in [-0.4, -0.2) is 50.6 Å². The molecule has 1 aromatic carbocycles. The first-order valence-corrected chi connectivity index (χ1v) is 8.05. The van der Waals surface area contributed by atoms with Crippen LogP contribution in [0.15, 0.2) is 18.2 Å². The number of ether oxygens (including phenoxy) is 3. The highest BCUT2D eigenvalue weighted by Crippen LogP contribution is 2.31. The normalized spacial score (nSPS) is 19.2. The Balaban J connectivity index is 1.54. The van der Waals surface area contributed by atoms with Crippen LogP contribution in [0.1, 0.15) is 18.4 Å². The lowest BCUT2D eigenvalue weighted by Gasteiger charge is -2.35. The highest BCUT2D eigenvalue weighted by molar-refractivity contribution is 5.78. The van der Waals surface area contributed by atoms with Crippen LogP contribution in [0, 0.1) is 5.41 Å². The van der Waals surface area contributed by atoms with E-state index in [1.165, 1.54) is 0 Å². The monoisotopic (exact) mass is 321 g/mol. The van der Waals surface area contributed by atoms with Gasteiger partial charge in [-0.15, -0.1) is 0 Å². The molecule has 0 atom stereocenters. The van der Waals surface area contributed by atoms with E-state index in [0.717, 1.165) is 24.2 Å². The van der Waals surface area contributed by atoms with Gasteiger partial charge in [0, 0.05) is 25.2 Å². The molecule has 2 heterocycles. The maximum Gasteiger partial charge on any atom is 0.224 e. The number of rotatable bonds is 5. The summed E-state index contributed by atoms with van der Waals surface area (Å²) in [5.74, 6) is 1.36. The van der Waals surface area contributed by atoms with E-state index in [2.05, 4.69) is 5.32 Å². The zero-order valence-corrected chi connectivity index (χ0v) is 13.2. The van der Waals surface area contributed by atoms with Crippen molar-refractivity contribution in [3.8, 4) is 11.5 Å². The number of hydrogen-bond donors (Lipinski definition) is 2. The Hall–Kier alpha value is -1.79. The molecule has 0 aliphatic carbocycles. The molecule has 0 aromatic heterocycles. The molecular formula is C17H23NO5. The number of hydrogen-bond acceptors (Lipinski definition) is 5. The number of carbonyl (C=O) groups excluding carboxylic acids is 1. The largest absolute Gasteiger partial charge is 0.486 e. The third-order valence-electron chi connectivity index (χ3n) is 4.52. The molecule has 23 heavy (non-hydrogen) atoms. The third kappa shape index (κ3) is 3.95. The summed E-state index contributed by atoms with van der Waals surface area (Å²) in [5, 5.41) is 12.6. The van der Waals surface area contributed by atoms with Gasteiger partial charge in [-0.1, -0.05) is 6.07 Å². The maximum atomic E-state index is 12.2. The summed E-state index contributed by atoms with van der Waals surface area (Å²) in [7, 11) is 0. The van der Waals surface area contributed by atoms with Crippen molar-refractivity contribution in [1.82, 2.24) is 5.32 Å². The van der Waals surface area contributed by atoms with Gasteiger partial charge in [0.2, 0.25) is 5.91 Å². The maximum absolute atomic E-state index is 12.2. The number of amides is 1. The summed E-state index contributed by atoms with van der Waals surface area (Å²) in [6.45, 7) is 2.91. The first kappa shape index (κ1) is 16.1. The second-order valence-corrected chi connectivity index (χ2v) is 6.20. The summed E-state index contributed by atoms with van der Waals surface area (Å²) >= 11 is 0. The van der Waals surface area contributed by atoms with Crippen LogP contribution in [0.4, 0.5) is 0 Å². The summed E-state index contributed by atoms with van der Waals surface area (Å²) in [6.07, 6.45) is 1.83. The van der Waals surface area contributed by atoms with E-state index in [4.69, 9.17) is 14.2 Å². The molecule has 3 rings (SSSR count). The molecule has 6 heteroatoms. The molecule has 1 amide bonds. The van der Waals surface area contributed by atoms with Crippen LogP contribution < -0.4 is 14.8 Å². The van der Waals surface area contributed by atoms with E-state index in [9.17, 15) is 9.90 Å². The van der Waals surface area contributed by atoms with Crippen LogP contribution >= 0.6 is 0 Å². The molecule has 0 saturated carbocycles. The fraction of sp³-hybridized carbons (Fsp3) is 0.588. The number of benzene rings is 1. The minimum Gasteiger partial charge on any atom is -0.486 e. The van der Waals surface area contributed by atoms with Crippen molar-refractivity contribution in [3.63, 3.8) is 0 Å². The average Bonchev–Trinajstić information content (AvgIpc) is 2.61. The lowest BCUT2D eigenvalue weighted by Crippen LogP contribution is -2.44. The molecule has 2 aliphatic rings. The van der Waals surface area contributed by atoms with E-state index < -0.39 is 0 Å². The van der Waals surface area contributed by atoms with Crippen molar-refractivity contribution in [2.24, 2.45) is 5.41 Å². The minimum atomic E-state index is -0.249. The predicted octanol–water partition coefficient (Wildman–Crippen LogP) is 0.906. The van der Waals surface area contributed by atoms with Crippen LogP contribution in [0.3, 0.4) is 0 Å². The van der Waals surface area contributed by atoms with Crippen molar-refractivity contribution in [2.75, 3.05) is 39.6 Å². The second-order valence-electron chi connectivity index (χ2n) is 6.20. The third-order valence-corrected chi connectivity index (χ3v) is 4.52. The molecule has 0 bridgehead atoms. The Kier molecular flexibility index (Phi) is 5.03.